The Morgan fingerprint density at radius 3 is 2.11 bits per heavy atom. The molecule has 0 aliphatic carbocycles. The molecule has 192 valence electrons. The number of hydrogen-bond donors (Lipinski definition) is 2. The van der Waals surface area contributed by atoms with Crippen molar-refractivity contribution in [3.05, 3.63) is 59.7 Å². The van der Waals surface area contributed by atoms with Gasteiger partial charge in [-0.05, 0) is 49.2 Å². The number of ether oxygens (including phenoxy) is 1. The number of sulfonamides is 1. The lowest BCUT2D eigenvalue weighted by Gasteiger charge is -2.10. The van der Waals surface area contributed by atoms with E-state index in [0.717, 1.165) is 24.8 Å². The Labute approximate surface area is 209 Å². The smallest absolute Gasteiger partial charge is 0.338 e. The van der Waals surface area contributed by atoms with Crippen molar-refractivity contribution in [2.75, 3.05) is 11.9 Å². The van der Waals surface area contributed by atoms with Gasteiger partial charge >= 0.3 is 12.0 Å². The largest absolute Gasteiger partial charge is 0.462 e. The predicted octanol–water partition coefficient (Wildman–Crippen LogP) is 6.58. The molecule has 0 heterocycles. The van der Waals surface area contributed by atoms with E-state index >= 15 is 0 Å². The second-order valence-electron chi connectivity index (χ2n) is 8.77. The van der Waals surface area contributed by atoms with Gasteiger partial charge in [-0.3, -0.25) is 0 Å². The minimum atomic E-state index is -4.01. The highest BCUT2D eigenvalue weighted by Gasteiger charge is 2.18. The predicted molar refractivity (Wildman–Crippen MR) is 139 cm³/mol. The molecule has 8 heteroatoms. The molecule has 2 N–H and O–H groups in total. The van der Waals surface area contributed by atoms with Crippen LogP contribution in [-0.2, 0) is 14.8 Å². The van der Waals surface area contributed by atoms with E-state index in [4.69, 9.17) is 4.74 Å². The molecule has 0 saturated carbocycles. The standard InChI is InChI=1S/C27H38N2O5S/c1-3-4-5-6-7-8-9-10-11-12-19-34-26(30)23-16-14-17-24(21-23)28-27(31)29-35(32,33)25-18-13-15-22(2)20-25/h13-18,20-21H,3-12,19H2,1-2H3,(H2,28,29,31). The van der Waals surface area contributed by atoms with Crippen molar-refractivity contribution in [2.45, 2.75) is 83.0 Å². The highest BCUT2D eigenvalue weighted by molar-refractivity contribution is 7.90. The van der Waals surface area contributed by atoms with Crippen molar-refractivity contribution in [3.8, 4) is 0 Å². The first-order valence-electron chi connectivity index (χ1n) is 12.5. The van der Waals surface area contributed by atoms with E-state index in [0.29, 0.717) is 6.61 Å². The summed E-state index contributed by atoms with van der Waals surface area (Å²) in [7, 11) is -4.01. The normalized spacial score (nSPS) is 11.1. The molecule has 2 amide bonds. The first-order valence-corrected chi connectivity index (χ1v) is 14.0. The van der Waals surface area contributed by atoms with Crippen LogP contribution in [0.5, 0.6) is 0 Å². The Morgan fingerprint density at radius 2 is 1.46 bits per heavy atom. The third kappa shape index (κ3) is 10.9. The van der Waals surface area contributed by atoms with Crippen LogP contribution in [0.25, 0.3) is 0 Å². The summed E-state index contributed by atoms with van der Waals surface area (Å²) in [5.74, 6) is -0.475. The van der Waals surface area contributed by atoms with Crippen LogP contribution in [0.4, 0.5) is 10.5 Å². The van der Waals surface area contributed by atoms with Crippen LogP contribution in [0, 0.1) is 6.92 Å². The maximum Gasteiger partial charge on any atom is 0.338 e. The fourth-order valence-corrected chi connectivity index (χ4v) is 4.69. The fourth-order valence-electron chi connectivity index (χ4n) is 3.68. The van der Waals surface area contributed by atoms with Gasteiger partial charge < -0.3 is 10.1 Å². The number of nitrogens with one attached hydrogen (secondary N) is 2. The Morgan fingerprint density at radius 1 is 0.829 bits per heavy atom. The first-order chi connectivity index (χ1) is 16.8. The van der Waals surface area contributed by atoms with Gasteiger partial charge in [-0.25, -0.2) is 22.7 Å². The summed E-state index contributed by atoms with van der Waals surface area (Å²) in [6.45, 7) is 4.34. The molecule has 0 fully saturated rings. The lowest BCUT2D eigenvalue weighted by atomic mass is 10.1. The zero-order chi connectivity index (χ0) is 25.5. The number of aryl methyl sites for hydroxylation is 1. The molecule has 7 nitrogen and oxygen atoms in total. The molecule has 2 aromatic carbocycles. The van der Waals surface area contributed by atoms with Crippen LogP contribution in [0.2, 0.25) is 0 Å². The minimum Gasteiger partial charge on any atom is -0.462 e. The third-order valence-electron chi connectivity index (χ3n) is 5.61. The molecule has 0 atom stereocenters. The summed E-state index contributed by atoms with van der Waals surface area (Å²) >= 11 is 0. The zero-order valence-corrected chi connectivity index (χ0v) is 21.7. The van der Waals surface area contributed by atoms with Crippen LogP contribution in [0.3, 0.4) is 0 Å². The molecule has 0 radical (unpaired) electrons. The van der Waals surface area contributed by atoms with Crippen molar-refractivity contribution in [1.29, 1.82) is 0 Å². The van der Waals surface area contributed by atoms with Gasteiger partial charge in [-0.1, -0.05) is 82.9 Å². The number of esters is 1. The fraction of sp³-hybridized carbons (Fsp3) is 0.481. The molecule has 2 aromatic rings. The summed E-state index contributed by atoms with van der Waals surface area (Å²) in [5.41, 5.74) is 1.34. The van der Waals surface area contributed by atoms with E-state index in [2.05, 4.69) is 12.2 Å². The van der Waals surface area contributed by atoms with E-state index in [1.807, 2.05) is 4.72 Å². The van der Waals surface area contributed by atoms with E-state index in [1.54, 1.807) is 37.3 Å². The second kappa shape index (κ2) is 15.2. The van der Waals surface area contributed by atoms with Crippen molar-refractivity contribution in [1.82, 2.24) is 4.72 Å². The maximum absolute atomic E-state index is 12.4. The number of unbranched alkanes of at least 4 members (excludes halogenated alkanes) is 9. The third-order valence-corrected chi connectivity index (χ3v) is 6.94. The van der Waals surface area contributed by atoms with Gasteiger partial charge in [0.05, 0.1) is 17.1 Å². The number of carbonyl (C=O) groups excluding carboxylic acids is 2. The number of hydrogen-bond acceptors (Lipinski definition) is 5. The topological polar surface area (TPSA) is 102 Å². The number of carbonyl (C=O) groups is 2. The highest BCUT2D eigenvalue weighted by Crippen LogP contribution is 2.15. The Hall–Kier alpha value is -2.87. The molecular formula is C27H38N2O5S. The Kier molecular flexibility index (Phi) is 12.3. The molecule has 0 aromatic heterocycles. The van der Waals surface area contributed by atoms with Crippen LogP contribution in [-0.4, -0.2) is 27.0 Å². The molecule has 0 unspecified atom stereocenters. The summed E-state index contributed by atoms with van der Waals surface area (Å²) < 4.78 is 32.1. The van der Waals surface area contributed by atoms with Crippen molar-refractivity contribution < 1.29 is 22.7 Å². The minimum absolute atomic E-state index is 0.00282. The molecule has 0 aliphatic heterocycles. The molecular weight excluding hydrogens is 464 g/mol. The van der Waals surface area contributed by atoms with Gasteiger partial charge in [0, 0.05) is 5.69 Å². The summed E-state index contributed by atoms with van der Waals surface area (Å²) in [6, 6.07) is 11.6. The van der Waals surface area contributed by atoms with Gasteiger partial charge in [0.1, 0.15) is 0 Å². The van der Waals surface area contributed by atoms with Crippen molar-refractivity contribution in [2.24, 2.45) is 0 Å². The molecule has 0 saturated heterocycles. The van der Waals surface area contributed by atoms with E-state index in [-0.39, 0.29) is 16.1 Å². The van der Waals surface area contributed by atoms with Crippen molar-refractivity contribution >= 4 is 27.7 Å². The number of benzene rings is 2. The van der Waals surface area contributed by atoms with E-state index in [9.17, 15) is 18.0 Å². The average molecular weight is 503 g/mol. The summed E-state index contributed by atoms with van der Waals surface area (Å²) in [4.78, 5) is 24.6. The SMILES string of the molecule is CCCCCCCCCCCCOC(=O)c1cccc(NC(=O)NS(=O)(=O)c2cccc(C)c2)c1. The lowest BCUT2D eigenvalue weighted by molar-refractivity contribution is 0.0497. The van der Waals surface area contributed by atoms with Crippen LogP contribution >= 0.6 is 0 Å². The second-order valence-corrected chi connectivity index (χ2v) is 10.5. The molecule has 2 rings (SSSR count). The zero-order valence-electron chi connectivity index (χ0n) is 20.8. The number of rotatable bonds is 15. The van der Waals surface area contributed by atoms with Gasteiger partial charge in [0.25, 0.3) is 10.0 Å². The summed E-state index contributed by atoms with van der Waals surface area (Å²) in [5, 5.41) is 2.45. The molecule has 0 spiro atoms. The number of amides is 2. The van der Waals surface area contributed by atoms with E-state index in [1.165, 1.54) is 63.1 Å². The van der Waals surface area contributed by atoms with Crippen LogP contribution < -0.4 is 10.0 Å². The quantitative estimate of drug-likeness (QED) is 0.211. The molecule has 0 bridgehead atoms. The highest BCUT2D eigenvalue weighted by atomic mass is 32.2. The summed E-state index contributed by atoms with van der Waals surface area (Å²) in [6.07, 6.45) is 12.0. The molecule has 35 heavy (non-hydrogen) atoms. The number of anilines is 1. The average Bonchev–Trinajstić information content (AvgIpc) is 2.82. The van der Waals surface area contributed by atoms with Gasteiger partial charge in [-0.15, -0.1) is 0 Å². The Bertz CT molecular complexity index is 1050. The molecule has 0 aliphatic rings. The monoisotopic (exact) mass is 502 g/mol. The maximum atomic E-state index is 12.4. The lowest BCUT2D eigenvalue weighted by Crippen LogP contribution is -2.34. The Balaban J connectivity index is 1.71. The first kappa shape index (κ1) is 28.4. The van der Waals surface area contributed by atoms with E-state index < -0.39 is 22.0 Å². The number of urea groups is 1. The van der Waals surface area contributed by atoms with Crippen molar-refractivity contribution in [3.63, 3.8) is 0 Å². The van der Waals surface area contributed by atoms with Gasteiger partial charge in [-0.2, -0.15) is 0 Å². The van der Waals surface area contributed by atoms with Crippen LogP contribution in [0.15, 0.2) is 53.4 Å². The van der Waals surface area contributed by atoms with Gasteiger partial charge in [0.2, 0.25) is 0 Å². The van der Waals surface area contributed by atoms with Gasteiger partial charge in [0.15, 0.2) is 0 Å². The van der Waals surface area contributed by atoms with Crippen LogP contribution in [0.1, 0.15) is 87.1 Å².